The highest BCUT2D eigenvalue weighted by atomic mass is 35.5. The SMILES string of the molecule is C#CCOCON(CCCl)S(=O)(=O)C(O)C(=O)Nc1c(C)cccc1C. The third-order valence-electron chi connectivity index (χ3n) is 3.25. The van der Waals surface area contributed by atoms with E-state index in [0.29, 0.717) is 10.2 Å². The number of carbonyl (C=O) groups excluding carboxylic acids is 1. The number of ether oxygens (including phenoxy) is 1. The minimum Gasteiger partial charge on any atom is -0.368 e. The number of anilines is 1. The zero-order chi connectivity index (χ0) is 19.7. The molecule has 0 fully saturated rings. The summed E-state index contributed by atoms with van der Waals surface area (Å²) in [7, 11) is -4.56. The van der Waals surface area contributed by atoms with Crippen LogP contribution in [0.25, 0.3) is 0 Å². The number of aryl methyl sites for hydroxylation is 2. The summed E-state index contributed by atoms with van der Waals surface area (Å²) in [6, 6.07) is 5.28. The van der Waals surface area contributed by atoms with Crippen LogP contribution in [0.5, 0.6) is 0 Å². The predicted molar refractivity (Wildman–Crippen MR) is 97.6 cm³/mol. The van der Waals surface area contributed by atoms with Crippen molar-refractivity contribution in [1.82, 2.24) is 4.47 Å². The Hall–Kier alpha value is -1.67. The van der Waals surface area contributed by atoms with Crippen LogP contribution in [0.3, 0.4) is 0 Å². The van der Waals surface area contributed by atoms with Gasteiger partial charge in [0.1, 0.15) is 6.61 Å². The molecular formula is C16H21ClN2O6S. The number of para-hydroxylation sites is 1. The molecule has 1 amide bonds. The van der Waals surface area contributed by atoms with E-state index in [1.807, 2.05) is 0 Å². The molecule has 1 aromatic carbocycles. The molecule has 1 rings (SSSR count). The van der Waals surface area contributed by atoms with Gasteiger partial charge in [0.15, 0.2) is 6.79 Å². The molecule has 0 aliphatic heterocycles. The fourth-order valence-corrected chi connectivity index (χ4v) is 3.32. The molecule has 0 aliphatic carbocycles. The lowest BCUT2D eigenvalue weighted by Crippen LogP contribution is -2.45. The second kappa shape index (κ2) is 10.5. The number of amides is 1. The van der Waals surface area contributed by atoms with Crippen LogP contribution < -0.4 is 5.32 Å². The Morgan fingerprint density at radius 2 is 2.04 bits per heavy atom. The maximum atomic E-state index is 12.4. The van der Waals surface area contributed by atoms with Gasteiger partial charge in [0.2, 0.25) is 0 Å². The van der Waals surface area contributed by atoms with Gasteiger partial charge >= 0.3 is 0 Å². The molecule has 8 nitrogen and oxygen atoms in total. The van der Waals surface area contributed by atoms with E-state index in [1.54, 1.807) is 32.0 Å². The number of hydrogen-bond donors (Lipinski definition) is 2. The van der Waals surface area contributed by atoms with Crippen LogP contribution in [-0.2, 0) is 24.4 Å². The van der Waals surface area contributed by atoms with Gasteiger partial charge in [-0.2, -0.15) is 0 Å². The van der Waals surface area contributed by atoms with Crippen LogP contribution >= 0.6 is 11.6 Å². The molecule has 0 bridgehead atoms. The minimum atomic E-state index is -4.56. The molecule has 26 heavy (non-hydrogen) atoms. The highest BCUT2D eigenvalue weighted by Crippen LogP contribution is 2.20. The summed E-state index contributed by atoms with van der Waals surface area (Å²) in [6.07, 6.45) is 5.00. The number of hydrogen-bond acceptors (Lipinski definition) is 6. The van der Waals surface area contributed by atoms with Gasteiger partial charge in [0.25, 0.3) is 21.4 Å². The van der Waals surface area contributed by atoms with Crippen molar-refractivity contribution in [3.05, 3.63) is 29.3 Å². The Bertz CT molecular complexity index is 742. The molecule has 0 saturated carbocycles. The number of nitrogens with zero attached hydrogens (tertiary/aromatic N) is 1. The number of carbonyl (C=O) groups is 1. The van der Waals surface area contributed by atoms with Crippen molar-refractivity contribution in [3.63, 3.8) is 0 Å². The number of sulfonamides is 1. The average molecular weight is 405 g/mol. The van der Waals surface area contributed by atoms with E-state index in [1.165, 1.54) is 0 Å². The Morgan fingerprint density at radius 1 is 1.42 bits per heavy atom. The van der Waals surface area contributed by atoms with E-state index >= 15 is 0 Å². The average Bonchev–Trinajstić information content (AvgIpc) is 2.60. The van der Waals surface area contributed by atoms with Crippen molar-refractivity contribution in [1.29, 1.82) is 0 Å². The van der Waals surface area contributed by atoms with Gasteiger partial charge in [0.05, 0.1) is 6.54 Å². The Kier molecular flexibility index (Phi) is 9.01. The summed E-state index contributed by atoms with van der Waals surface area (Å²) < 4.78 is 30.1. The molecule has 144 valence electrons. The fraction of sp³-hybridized carbons (Fsp3) is 0.438. The number of hydroxylamine groups is 1. The van der Waals surface area contributed by atoms with E-state index < -0.39 is 28.2 Å². The third-order valence-corrected chi connectivity index (χ3v) is 5.06. The molecule has 1 atom stereocenters. The van der Waals surface area contributed by atoms with E-state index in [9.17, 15) is 18.3 Å². The smallest absolute Gasteiger partial charge is 0.272 e. The number of aliphatic hydroxyl groups is 1. The van der Waals surface area contributed by atoms with Gasteiger partial charge in [-0.05, 0) is 25.0 Å². The zero-order valence-corrected chi connectivity index (χ0v) is 16.0. The monoisotopic (exact) mass is 404 g/mol. The number of terminal acetylenes is 1. The van der Waals surface area contributed by atoms with E-state index in [0.717, 1.165) is 11.1 Å². The molecule has 0 aromatic heterocycles. The number of nitrogens with one attached hydrogen (secondary N) is 1. The van der Waals surface area contributed by atoms with Crippen molar-refractivity contribution in [2.45, 2.75) is 19.3 Å². The van der Waals surface area contributed by atoms with Gasteiger partial charge in [0, 0.05) is 11.6 Å². The molecule has 0 radical (unpaired) electrons. The second-order valence-corrected chi connectivity index (χ2v) is 7.43. The number of alkyl halides is 1. The topological polar surface area (TPSA) is 105 Å². The van der Waals surface area contributed by atoms with Gasteiger partial charge in [-0.15, -0.1) is 18.0 Å². The zero-order valence-electron chi connectivity index (χ0n) is 14.4. The first kappa shape index (κ1) is 22.4. The van der Waals surface area contributed by atoms with Gasteiger partial charge in [-0.1, -0.05) is 28.6 Å². The first-order valence-electron chi connectivity index (χ1n) is 7.52. The lowest BCUT2D eigenvalue weighted by Gasteiger charge is -2.23. The number of benzene rings is 1. The predicted octanol–water partition coefficient (Wildman–Crippen LogP) is 0.970. The Labute approximate surface area is 158 Å². The maximum Gasteiger partial charge on any atom is 0.272 e. The molecule has 1 aromatic rings. The molecule has 1 unspecified atom stereocenters. The standard InChI is InChI=1S/C16H21ClN2O6S/c1-4-10-24-11-25-19(9-8-17)26(22,23)16(21)15(20)18-14-12(2)6-5-7-13(14)3/h1,5-7,16,21H,8-11H2,2-3H3,(H,18,20). The summed E-state index contributed by atoms with van der Waals surface area (Å²) in [4.78, 5) is 17.2. The van der Waals surface area contributed by atoms with Crippen molar-refractivity contribution in [3.8, 4) is 12.3 Å². The van der Waals surface area contributed by atoms with Gasteiger partial charge in [-0.25, -0.2) is 8.42 Å². The summed E-state index contributed by atoms with van der Waals surface area (Å²) in [5.74, 6) is 0.940. The first-order chi connectivity index (χ1) is 12.3. The quantitative estimate of drug-likeness (QED) is 0.198. The van der Waals surface area contributed by atoms with Crippen LogP contribution in [0.1, 0.15) is 11.1 Å². The lowest BCUT2D eigenvalue weighted by atomic mass is 10.1. The summed E-state index contributed by atoms with van der Waals surface area (Å²) in [5, 5.41) is 12.5. The van der Waals surface area contributed by atoms with E-state index in [2.05, 4.69) is 11.2 Å². The van der Waals surface area contributed by atoms with Crippen LogP contribution in [0.15, 0.2) is 18.2 Å². The first-order valence-corrected chi connectivity index (χ1v) is 9.56. The van der Waals surface area contributed by atoms with Crippen LogP contribution in [-0.4, -0.2) is 55.2 Å². The third kappa shape index (κ3) is 5.95. The maximum absolute atomic E-state index is 12.4. The Morgan fingerprint density at radius 3 is 2.58 bits per heavy atom. The molecule has 0 heterocycles. The van der Waals surface area contributed by atoms with E-state index in [4.69, 9.17) is 27.6 Å². The van der Waals surface area contributed by atoms with Gasteiger partial charge in [-0.3, -0.25) is 9.63 Å². The highest BCUT2D eigenvalue weighted by molar-refractivity contribution is 7.90. The Balaban J connectivity index is 2.90. The summed E-state index contributed by atoms with van der Waals surface area (Å²) >= 11 is 5.56. The number of halogens is 1. The minimum absolute atomic E-state index is 0.0929. The van der Waals surface area contributed by atoms with Crippen LogP contribution in [0.2, 0.25) is 0 Å². The van der Waals surface area contributed by atoms with Crippen molar-refractivity contribution in [2.75, 3.05) is 31.1 Å². The second-order valence-electron chi connectivity index (χ2n) is 5.17. The fourth-order valence-electron chi connectivity index (χ4n) is 1.97. The number of rotatable bonds is 10. The van der Waals surface area contributed by atoms with Crippen LogP contribution in [0, 0.1) is 26.2 Å². The van der Waals surface area contributed by atoms with Crippen molar-refractivity contribution >= 4 is 33.2 Å². The van der Waals surface area contributed by atoms with Crippen molar-refractivity contribution < 1.29 is 27.9 Å². The van der Waals surface area contributed by atoms with E-state index in [-0.39, 0.29) is 19.0 Å². The van der Waals surface area contributed by atoms with Crippen molar-refractivity contribution in [2.24, 2.45) is 0 Å². The van der Waals surface area contributed by atoms with Crippen LogP contribution in [0.4, 0.5) is 5.69 Å². The molecule has 10 heteroatoms. The molecule has 0 aliphatic rings. The summed E-state index contributed by atoms with van der Waals surface area (Å²) in [5.41, 5.74) is -0.523. The van der Waals surface area contributed by atoms with Gasteiger partial charge < -0.3 is 15.2 Å². The highest BCUT2D eigenvalue weighted by Gasteiger charge is 2.37. The lowest BCUT2D eigenvalue weighted by molar-refractivity contribution is -0.168. The normalized spacial score (nSPS) is 12.6. The number of aliphatic hydroxyl groups excluding tert-OH is 1. The molecule has 0 spiro atoms. The molecule has 0 saturated heterocycles. The summed E-state index contributed by atoms with van der Waals surface area (Å²) in [6.45, 7) is 2.62. The molecular weight excluding hydrogens is 384 g/mol. The molecule has 2 N–H and O–H groups in total. The largest absolute Gasteiger partial charge is 0.368 e.